The number of amides is 1. The van der Waals surface area contributed by atoms with Crippen molar-refractivity contribution in [3.8, 4) is 0 Å². The van der Waals surface area contributed by atoms with E-state index in [0.29, 0.717) is 22.3 Å². The Balaban J connectivity index is 1.82. The van der Waals surface area contributed by atoms with E-state index < -0.39 is 5.97 Å². The first-order valence-corrected chi connectivity index (χ1v) is 9.20. The molecule has 3 rings (SSSR count). The van der Waals surface area contributed by atoms with Gasteiger partial charge in [-0.05, 0) is 38.0 Å². The van der Waals surface area contributed by atoms with Gasteiger partial charge in [0.2, 0.25) is 5.91 Å². The number of rotatable bonds is 5. The predicted octanol–water partition coefficient (Wildman–Crippen LogP) is 3.62. The van der Waals surface area contributed by atoms with Crippen molar-refractivity contribution in [2.75, 3.05) is 18.6 Å². The number of aromatic nitrogens is 2. The summed E-state index contributed by atoms with van der Waals surface area (Å²) in [6.45, 7) is 5.84. The number of benzene rings is 1. The van der Waals surface area contributed by atoms with Gasteiger partial charge < -0.3 is 9.72 Å². The van der Waals surface area contributed by atoms with Crippen LogP contribution in [-0.2, 0) is 16.0 Å². The van der Waals surface area contributed by atoms with E-state index in [1.807, 2.05) is 31.3 Å². The number of nitrogens with zero attached hydrogens (tertiary/aromatic N) is 2. The second-order valence-electron chi connectivity index (χ2n) is 6.07. The van der Waals surface area contributed by atoms with Crippen molar-refractivity contribution in [3.05, 3.63) is 46.1 Å². The Morgan fingerprint density at radius 1 is 1.31 bits per heavy atom. The van der Waals surface area contributed by atoms with Gasteiger partial charge in [0, 0.05) is 24.1 Å². The van der Waals surface area contributed by atoms with Gasteiger partial charge in [0.1, 0.15) is 4.88 Å². The first kappa shape index (κ1) is 18.1. The van der Waals surface area contributed by atoms with Crippen LogP contribution < -0.4 is 4.90 Å². The van der Waals surface area contributed by atoms with Crippen molar-refractivity contribution in [1.82, 2.24) is 9.97 Å². The van der Waals surface area contributed by atoms with Crippen LogP contribution in [-0.4, -0.2) is 35.5 Å². The molecule has 136 valence electrons. The van der Waals surface area contributed by atoms with Crippen molar-refractivity contribution < 1.29 is 14.3 Å². The number of thiazole rings is 1. The normalized spacial score (nSPS) is 10.9. The molecule has 0 bridgehead atoms. The summed E-state index contributed by atoms with van der Waals surface area (Å²) in [5.74, 6) is -0.486. The first-order valence-electron chi connectivity index (χ1n) is 8.39. The van der Waals surface area contributed by atoms with Crippen LogP contribution >= 0.6 is 11.3 Å². The second-order valence-corrected chi connectivity index (χ2v) is 7.05. The van der Waals surface area contributed by atoms with Gasteiger partial charge in [0.05, 0.1) is 18.7 Å². The minimum absolute atomic E-state index is 0.0849. The average molecular weight is 371 g/mol. The summed E-state index contributed by atoms with van der Waals surface area (Å²) in [4.78, 5) is 34.2. The van der Waals surface area contributed by atoms with Gasteiger partial charge in [-0.1, -0.05) is 23.5 Å². The molecule has 0 aliphatic heterocycles. The molecule has 6 nitrogen and oxygen atoms in total. The van der Waals surface area contributed by atoms with Gasteiger partial charge in [0.15, 0.2) is 5.13 Å². The van der Waals surface area contributed by atoms with Gasteiger partial charge in [-0.15, -0.1) is 0 Å². The van der Waals surface area contributed by atoms with E-state index in [1.54, 1.807) is 20.9 Å². The molecule has 0 aliphatic rings. The van der Waals surface area contributed by atoms with E-state index in [4.69, 9.17) is 4.74 Å². The number of H-pyrrole nitrogens is 1. The molecule has 3 aromatic rings. The van der Waals surface area contributed by atoms with E-state index in [2.05, 4.69) is 9.97 Å². The maximum absolute atomic E-state index is 12.7. The molecule has 0 saturated carbocycles. The quantitative estimate of drug-likeness (QED) is 0.695. The van der Waals surface area contributed by atoms with Crippen molar-refractivity contribution in [2.24, 2.45) is 0 Å². The zero-order valence-electron chi connectivity index (χ0n) is 15.3. The molecule has 1 amide bonds. The number of hydrogen-bond donors (Lipinski definition) is 1. The molecule has 1 N–H and O–H groups in total. The SMILES string of the molecule is CCOC(=O)c1sc(N(C)C(=O)Cc2c[nH]c3cccc(C)c23)nc1C. The number of nitrogens with one attached hydrogen (secondary N) is 1. The monoisotopic (exact) mass is 371 g/mol. The number of ether oxygens (including phenoxy) is 1. The van der Waals surface area contributed by atoms with Gasteiger partial charge in [-0.2, -0.15) is 0 Å². The summed E-state index contributed by atoms with van der Waals surface area (Å²) < 4.78 is 5.03. The largest absolute Gasteiger partial charge is 0.462 e. The van der Waals surface area contributed by atoms with E-state index in [-0.39, 0.29) is 12.3 Å². The Morgan fingerprint density at radius 3 is 2.81 bits per heavy atom. The molecule has 0 unspecified atom stereocenters. The average Bonchev–Trinajstić information content (AvgIpc) is 3.19. The van der Waals surface area contributed by atoms with Crippen molar-refractivity contribution in [1.29, 1.82) is 0 Å². The Kier molecular flexibility index (Phi) is 5.08. The molecule has 1 aromatic carbocycles. The number of anilines is 1. The van der Waals surface area contributed by atoms with Crippen LogP contribution in [0.3, 0.4) is 0 Å². The second kappa shape index (κ2) is 7.29. The van der Waals surface area contributed by atoms with Crippen molar-refractivity contribution in [3.63, 3.8) is 0 Å². The van der Waals surface area contributed by atoms with Crippen LogP contribution in [0.4, 0.5) is 5.13 Å². The summed E-state index contributed by atoms with van der Waals surface area (Å²) in [7, 11) is 1.68. The lowest BCUT2D eigenvalue weighted by Crippen LogP contribution is -2.27. The smallest absolute Gasteiger partial charge is 0.350 e. The molecular weight excluding hydrogens is 350 g/mol. The fourth-order valence-corrected chi connectivity index (χ4v) is 3.83. The maximum Gasteiger partial charge on any atom is 0.350 e. The highest BCUT2D eigenvalue weighted by atomic mass is 32.1. The van der Waals surface area contributed by atoms with E-state index in [1.165, 1.54) is 16.2 Å². The van der Waals surface area contributed by atoms with Crippen LogP contribution in [0, 0.1) is 13.8 Å². The highest BCUT2D eigenvalue weighted by Gasteiger charge is 2.22. The number of esters is 1. The van der Waals surface area contributed by atoms with Gasteiger partial charge >= 0.3 is 5.97 Å². The third kappa shape index (κ3) is 3.35. The number of fused-ring (bicyclic) bond motifs is 1. The zero-order chi connectivity index (χ0) is 18.8. The summed E-state index contributed by atoms with van der Waals surface area (Å²) in [5.41, 5.74) is 3.67. The third-order valence-electron chi connectivity index (χ3n) is 4.24. The number of carbonyl (C=O) groups is 2. The fourth-order valence-electron chi connectivity index (χ4n) is 2.89. The molecule has 0 fully saturated rings. The molecule has 0 aliphatic carbocycles. The lowest BCUT2D eigenvalue weighted by Gasteiger charge is -2.13. The Morgan fingerprint density at radius 2 is 2.08 bits per heavy atom. The summed E-state index contributed by atoms with van der Waals surface area (Å²) >= 11 is 1.18. The Hall–Kier alpha value is -2.67. The van der Waals surface area contributed by atoms with Crippen LogP contribution in [0.15, 0.2) is 24.4 Å². The molecule has 0 spiro atoms. The number of carbonyl (C=O) groups excluding carboxylic acids is 2. The number of aromatic amines is 1. The number of aryl methyl sites for hydroxylation is 2. The Bertz CT molecular complexity index is 974. The van der Waals surface area contributed by atoms with Crippen LogP contribution in [0.2, 0.25) is 0 Å². The standard InChI is InChI=1S/C19H21N3O3S/c1-5-25-18(24)17-12(3)21-19(26-17)22(4)15(23)9-13-10-20-14-8-6-7-11(2)16(13)14/h6-8,10,20H,5,9H2,1-4H3. The van der Waals surface area contributed by atoms with E-state index >= 15 is 0 Å². The highest BCUT2D eigenvalue weighted by Crippen LogP contribution is 2.28. The highest BCUT2D eigenvalue weighted by molar-refractivity contribution is 7.17. The van der Waals surface area contributed by atoms with Gasteiger partial charge in [-0.3, -0.25) is 9.69 Å². The van der Waals surface area contributed by atoms with Crippen LogP contribution in [0.1, 0.15) is 33.4 Å². The number of hydrogen-bond acceptors (Lipinski definition) is 5. The Labute approximate surface area is 155 Å². The summed E-state index contributed by atoms with van der Waals surface area (Å²) in [6, 6.07) is 6.01. The van der Waals surface area contributed by atoms with Crippen LogP contribution in [0.5, 0.6) is 0 Å². The molecule has 0 saturated heterocycles. The fraction of sp³-hybridized carbons (Fsp3) is 0.316. The summed E-state index contributed by atoms with van der Waals surface area (Å²) in [6.07, 6.45) is 2.13. The van der Waals surface area contributed by atoms with Gasteiger partial charge in [-0.25, -0.2) is 9.78 Å². The summed E-state index contributed by atoms with van der Waals surface area (Å²) in [5, 5.41) is 1.57. The lowest BCUT2D eigenvalue weighted by atomic mass is 10.1. The minimum Gasteiger partial charge on any atom is -0.462 e. The van der Waals surface area contributed by atoms with Crippen LogP contribution in [0.25, 0.3) is 10.9 Å². The molecule has 2 aromatic heterocycles. The molecule has 0 atom stereocenters. The van der Waals surface area contributed by atoms with E-state index in [0.717, 1.165) is 22.0 Å². The molecule has 0 radical (unpaired) electrons. The zero-order valence-corrected chi connectivity index (χ0v) is 16.1. The molecular formula is C19H21N3O3S. The maximum atomic E-state index is 12.7. The van der Waals surface area contributed by atoms with Crippen molar-refractivity contribution in [2.45, 2.75) is 27.2 Å². The molecule has 7 heteroatoms. The van der Waals surface area contributed by atoms with E-state index in [9.17, 15) is 9.59 Å². The predicted molar refractivity (Wildman–Crippen MR) is 103 cm³/mol. The lowest BCUT2D eigenvalue weighted by molar-refractivity contribution is -0.117. The van der Waals surface area contributed by atoms with Gasteiger partial charge in [0.25, 0.3) is 0 Å². The topological polar surface area (TPSA) is 75.3 Å². The molecule has 2 heterocycles. The third-order valence-corrected chi connectivity index (χ3v) is 5.46. The minimum atomic E-state index is -0.401. The first-order chi connectivity index (χ1) is 12.4. The number of likely N-dealkylation sites (N-methyl/N-ethyl adjacent to an activating group) is 1. The van der Waals surface area contributed by atoms with Crippen molar-refractivity contribution >= 4 is 39.2 Å². The molecule has 26 heavy (non-hydrogen) atoms.